The number of likely N-dealkylation sites (tertiary alicyclic amines) is 1. The molecule has 3 aromatic heterocycles. The van der Waals surface area contributed by atoms with Gasteiger partial charge in [-0.2, -0.15) is 0 Å². The van der Waals surface area contributed by atoms with Crippen molar-refractivity contribution in [2.24, 2.45) is 0 Å². The van der Waals surface area contributed by atoms with Gasteiger partial charge in [0.2, 0.25) is 5.88 Å². The van der Waals surface area contributed by atoms with E-state index in [4.69, 9.17) is 4.74 Å². The first kappa shape index (κ1) is 17.1. The van der Waals surface area contributed by atoms with Crippen molar-refractivity contribution in [3.63, 3.8) is 0 Å². The lowest BCUT2D eigenvalue weighted by molar-refractivity contribution is 0.0726. The summed E-state index contributed by atoms with van der Waals surface area (Å²) >= 11 is 0. The highest BCUT2D eigenvalue weighted by molar-refractivity contribution is 5.92. The fourth-order valence-corrected chi connectivity index (χ4v) is 3.22. The Balaban J connectivity index is 1.57. The largest absolute Gasteiger partial charge is 0.436 e. The molecular weight excluding hydrogens is 342 g/mol. The first-order valence-electron chi connectivity index (χ1n) is 8.86. The van der Waals surface area contributed by atoms with E-state index in [2.05, 4.69) is 19.9 Å². The fraction of sp³-hybridized carbons (Fsp3) is 0.250. The Morgan fingerprint density at radius 3 is 2.85 bits per heavy atom. The summed E-state index contributed by atoms with van der Waals surface area (Å²) in [5.41, 5.74) is 1.93. The van der Waals surface area contributed by atoms with Crippen LogP contribution >= 0.6 is 0 Å². The molecule has 0 aromatic carbocycles. The van der Waals surface area contributed by atoms with Crippen LogP contribution in [-0.2, 0) is 0 Å². The van der Waals surface area contributed by atoms with Gasteiger partial charge in [0.25, 0.3) is 5.91 Å². The highest BCUT2D eigenvalue weighted by Gasteiger charge is 2.32. The summed E-state index contributed by atoms with van der Waals surface area (Å²) in [7, 11) is 0. The van der Waals surface area contributed by atoms with Crippen molar-refractivity contribution in [3.05, 3.63) is 72.2 Å². The van der Waals surface area contributed by atoms with Crippen LogP contribution in [0.15, 0.2) is 55.1 Å². The van der Waals surface area contributed by atoms with Crippen LogP contribution in [0.5, 0.6) is 11.6 Å². The minimum absolute atomic E-state index is 0.0886. The molecular formula is C20H19N5O2. The Labute approximate surface area is 157 Å². The monoisotopic (exact) mass is 361 g/mol. The zero-order valence-electron chi connectivity index (χ0n) is 14.9. The van der Waals surface area contributed by atoms with Crippen molar-refractivity contribution in [3.8, 4) is 11.6 Å². The van der Waals surface area contributed by atoms with Crippen LogP contribution in [0, 0.1) is 6.92 Å². The number of hydrogen-bond donors (Lipinski definition) is 0. The third-order valence-corrected chi connectivity index (χ3v) is 4.54. The average molecular weight is 361 g/mol. The zero-order valence-corrected chi connectivity index (χ0v) is 14.9. The summed E-state index contributed by atoms with van der Waals surface area (Å²) in [6.45, 7) is 2.55. The normalized spacial score (nSPS) is 16.3. The second-order valence-electron chi connectivity index (χ2n) is 6.34. The predicted molar refractivity (Wildman–Crippen MR) is 98.3 cm³/mol. The summed E-state index contributed by atoms with van der Waals surface area (Å²) < 4.78 is 5.84. The number of pyridine rings is 2. The van der Waals surface area contributed by atoms with Gasteiger partial charge >= 0.3 is 0 Å². The standard InChI is InChI=1S/C20H19N5O2/c1-14-18(8-4-10-22-14)27-19-13-21-12-16(24-19)17-7-5-11-25(17)20(26)15-6-2-3-9-23-15/h2-4,6,8-10,12-13,17H,5,7,11H2,1H3/t17-/m1/s1. The van der Waals surface area contributed by atoms with E-state index in [0.717, 1.165) is 24.2 Å². The molecule has 27 heavy (non-hydrogen) atoms. The third-order valence-electron chi connectivity index (χ3n) is 4.54. The van der Waals surface area contributed by atoms with Gasteiger partial charge in [-0.3, -0.25) is 19.7 Å². The summed E-state index contributed by atoms with van der Waals surface area (Å²) in [6, 6.07) is 8.85. The van der Waals surface area contributed by atoms with Crippen LogP contribution in [0.1, 0.15) is 40.8 Å². The van der Waals surface area contributed by atoms with Gasteiger partial charge in [0.15, 0.2) is 5.75 Å². The molecule has 1 fully saturated rings. The highest BCUT2D eigenvalue weighted by atomic mass is 16.5. The number of carbonyl (C=O) groups is 1. The molecule has 1 aliphatic heterocycles. The van der Waals surface area contributed by atoms with Crippen molar-refractivity contribution < 1.29 is 9.53 Å². The summed E-state index contributed by atoms with van der Waals surface area (Å²) in [4.78, 5) is 31.9. The Morgan fingerprint density at radius 2 is 2.04 bits per heavy atom. The Bertz CT molecular complexity index is 948. The minimum atomic E-state index is -0.134. The number of nitrogens with zero attached hydrogens (tertiary/aromatic N) is 5. The van der Waals surface area contributed by atoms with Crippen molar-refractivity contribution in [1.29, 1.82) is 0 Å². The van der Waals surface area contributed by atoms with Gasteiger partial charge in [0, 0.05) is 18.9 Å². The number of aryl methyl sites for hydroxylation is 1. The number of amides is 1. The molecule has 1 aliphatic rings. The smallest absolute Gasteiger partial charge is 0.273 e. The van der Waals surface area contributed by atoms with Crippen LogP contribution < -0.4 is 4.74 Å². The van der Waals surface area contributed by atoms with Gasteiger partial charge in [-0.1, -0.05) is 6.07 Å². The van der Waals surface area contributed by atoms with E-state index < -0.39 is 0 Å². The van der Waals surface area contributed by atoms with E-state index in [1.54, 1.807) is 36.9 Å². The lowest BCUT2D eigenvalue weighted by Gasteiger charge is -2.24. The van der Waals surface area contributed by atoms with E-state index in [1.807, 2.05) is 30.0 Å². The fourth-order valence-electron chi connectivity index (χ4n) is 3.22. The van der Waals surface area contributed by atoms with Crippen LogP contribution in [0.25, 0.3) is 0 Å². The molecule has 0 radical (unpaired) electrons. The second kappa shape index (κ2) is 7.49. The van der Waals surface area contributed by atoms with Crippen LogP contribution in [0.2, 0.25) is 0 Å². The Kier molecular flexibility index (Phi) is 4.74. The molecule has 1 amide bonds. The van der Waals surface area contributed by atoms with Crippen molar-refractivity contribution in [2.75, 3.05) is 6.54 Å². The molecule has 0 unspecified atom stereocenters. The van der Waals surface area contributed by atoms with Gasteiger partial charge in [0.1, 0.15) is 5.69 Å². The number of aromatic nitrogens is 4. The van der Waals surface area contributed by atoms with Crippen LogP contribution in [0.4, 0.5) is 0 Å². The molecule has 4 heterocycles. The number of carbonyl (C=O) groups excluding carboxylic acids is 1. The second-order valence-corrected chi connectivity index (χ2v) is 6.34. The van der Waals surface area contributed by atoms with Gasteiger partial charge in [-0.05, 0) is 44.0 Å². The van der Waals surface area contributed by atoms with Crippen LogP contribution in [-0.4, -0.2) is 37.3 Å². The lowest BCUT2D eigenvalue weighted by Crippen LogP contribution is -2.31. The Morgan fingerprint density at radius 1 is 1.15 bits per heavy atom. The molecule has 7 nitrogen and oxygen atoms in total. The molecule has 0 saturated carbocycles. The van der Waals surface area contributed by atoms with Crippen molar-refractivity contribution >= 4 is 5.91 Å². The first-order chi connectivity index (χ1) is 13.2. The van der Waals surface area contributed by atoms with E-state index >= 15 is 0 Å². The number of hydrogen-bond acceptors (Lipinski definition) is 6. The molecule has 0 bridgehead atoms. The number of rotatable bonds is 4. The lowest BCUT2D eigenvalue weighted by atomic mass is 10.1. The first-order valence-corrected chi connectivity index (χ1v) is 8.86. The maximum absolute atomic E-state index is 12.8. The molecule has 1 saturated heterocycles. The highest BCUT2D eigenvalue weighted by Crippen LogP contribution is 2.32. The summed E-state index contributed by atoms with van der Waals surface area (Å²) in [5.74, 6) is 0.937. The van der Waals surface area contributed by atoms with Gasteiger partial charge < -0.3 is 9.64 Å². The topological polar surface area (TPSA) is 81.1 Å². The van der Waals surface area contributed by atoms with Crippen LogP contribution in [0.3, 0.4) is 0 Å². The number of ether oxygens (including phenoxy) is 1. The minimum Gasteiger partial charge on any atom is -0.436 e. The SMILES string of the molecule is Cc1ncccc1Oc1cncc([C@H]2CCCN2C(=O)c2ccccn2)n1. The molecule has 3 aromatic rings. The average Bonchev–Trinajstić information content (AvgIpc) is 3.20. The van der Waals surface area contributed by atoms with E-state index in [0.29, 0.717) is 23.9 Å². The molecule has 0 spiro atoms. The quantitative estimate of drug-likeness (QED) is 0.709. The van der Waals surface area contributed by atoms with Gasteiger partial charge in [0.05, 0.1) is 29.8 Å². The molecule has 136 valence electrons. The Hall–Kier alpha value is -3.35. The van der Waals surface area contributed by atoms with Crippen molar-refractivity contribution in [1.82, 2.24) is 24.8 Å². The van der Waals surface area contributed by atoms with E-state index in [-0.39, 0.29) is 11.9 Å². The predicted octanol–water partition coefficient (Wildman–Crippen LogP) is 3.34. The third kappa shape index (κ3) is 3.62. The van der Waals surface area contributed by atoms with Gasteiger partial charge in [-0.25, -0.2) is 4.98 Å². The van der Waals surface area contributed by atoms with E-state index in [9.17, 15) is 4.79 Å². The molecule has 1 atom stereocenters. The molecule has 0 N–H and O–H groups in total. The zero-order chi connectivity index (χ0) is 18.6. The molecule has 4 rings (SSSR count). The maximum Gasteiger partial charge on any atom is 0.273 e. The van der Waals surface area contributed by atoms with E-state index in [1.165, 1.54) is 0 Å². The maximum atomic E-state index is 12.8. The molecule has 0 aliphatic carbocycles. The molecule has 7 heteroatoms. The van der Waals surface area contributed by atoms with Crippen molar-refractivity contribution in [2.45, 2.75) is 25.8 Å². The van der Waals surface area contributed by atoms with Gasteiger partial charge in [-0.15, -0.1) is 0 Å². The summed E-state index contributed by atoms with van der Waals surface area (Å²) in [5, 5.41) is 0. The summed E-state index contributed by atoms with van der Waals surface area (Å²) in [6.07, 6.45) is 8.35.